The van der Waals surface area contributed by atoms with Crippen molar-refractivity contribution in [2.45, 2.75) is 13.5 Å². The van der Waals surface area contributed by atoms with Crippen molar-refractivity contribution in [3.63, 3.8) is 0 Å². The standard InChI is InChI=1S/C14H10F5N3O2/c1-4-14(24)6(5(3-23)2-21-4)13(22-20)7-8(15)10(17)12(19)11(18)9(7)16/h2,23-24H,3,20H2,1H3/b22-13+. The van der Waals surface area contributed by atoms with Crippen LogP contribution in [0.5, 0.6) is 5.75 Å². The SMILES string of the molecule is Cc1ncc(CO)c(/C(=N\N)c2c(F)c(F)c(F)c(F)c2F)c1O. The maximum absolute atomic E-state index is 14.0. The van der Waals surface area contributed by atoms with Crippen LogP contribution in [0, 0.1) is 36.0 Å². The number of hydrogen-bond acceptors (Lipinski definition) is 5. The predicted molar refractivity (Wildman–Crippen MR) is 72.6 cm³/mol. The summed E-state index contributed by atoms with van der Waals surface area (Å²) in [4.78, 5) is 3.71. The lowest BCUT2D eigenvalue weighted by molar-refractivity contribution is 0.280. The summed E-state index contributed by atoms with van der Waals surface area (Å²) >= 11 is 0. The summed E-state index contributed by atoms with van der Waals surface area (Å²) in [6.07, 6.45) is 1.04. The fourth-order valence-electron chi connectivity index (χ4n) is 2.08. The minimum Gasteiger partial charge on any atom is -0.505 e. The van der Waals surface area contributed by atoms with E-state index in [0.717, 1.165) is 6.20 Å². The minimum absolute atomic E-state index is 0.0350. The van der Waals surface area contributed by atoms with Crippen molar-refractivity contribution in [1.29, 1.82) is 0 Å². The van der Waals surface area contributed by atoms with Gasteiger partial charge in [-0.05, 0) is 6.92 Å². The molecule has 0 radical (unpaired) electrons. The molecule has 0 unspecified atom stereocenters. The number of aromatic hydroxyl groups is 1. The molecular weight excluding hydrogens is 337 g/mol. The molecule has 0 bridgehead atoms. The van der Waals surface area contributed by atoms with Crippen molar-refractivity contribution in [3.8, 4) is 5.75 Å². The first-order valence-electron chi connectivity index (χ1n) is 6.34. The second kappa shape index (κ2) is 6.40. The molecule has 24 heavy (non-hydrogen) atoms. The van der Waals surface area contributed by atoms with Crippen molar-refractivity contribution in [2.24, 2.45) is 10.9 Å². The van der Waals surface area contributed by atoms with E-state index in [4.69, 9.17) is 5.84 Å². The van der Waals surface area contributed by atoms with Crippen LogP contribution in [0.3, 0.4) is 0 Å². The molecule has 128 valence electrons. The molecule has 0 saturated carbocycles. The van der Waals surface area contributed by atoms with Crippen molar-refractivity contribution < 1.29 is 32.2 Å². The number of benzene rings is 1. The molecule has 1 aromatic carbocycles. The molecule has 5 nitrogen and oxygen atoms in total. The van der Waals surface area contributed by atoms with E-state index < -0.39 is 58.3 Å². The molecule has 2 rings (SSSR count). The largest absolute Gasteiger partial charge is 0.505 e. The Kier molecular flexibility index (Phi) is 4.69. The first kappa shape index (κ1) is 17.6. The van der Waals surface area contributed by atoms with Gasteiger partial charge in [0.25, 0.3) is 0 Å². The minimum atomic E-state index is -2.34. The maximum atomic E-state index is 14.0. The monoisotopic (exact) mass is 347 g/mol. The van der Waals surface area contributed by atoms with Crippen LogP contribution in [0.1, 0.15) is 22.4 Å². The number of nitrogens with two attached hydrogens (primary N) is 1. The van der Waals surface area contributed by atoms with E-state index in [1.54, 1.807) is 0 Å². The summed E-state index contributed by atoms with van der Waals surface area (Å²) in [5, 5.41) is 22.4. The summed E-state index contributed by atoms with van der Waals surface area (Å²) in [5.41, 5.74) is -3.05. The van der Waals surface area contributed by atoms with Crippen LogP contribution in [0.15, 0.2) is 11.3 Å². The van der Waals surface area contributed by atoms with Gasteiger partial charge in [0.05, 0.1) is 23.4 Å². The van der Waals surface area contributed by atoms with Crippen molar-refractivity contribution in [1.82, 2.24) is 4.98 Å². The number of aliphatic hydroxyl groups excluding tert-OH is 1. The zero-order valence-corrected chi connectivity index (χ0v) is 12.0. The lowest BCUT2D eigenvalue weighted by Crippen LogP contribution is -2.18. The zero-order chi connectivity index (χ0) is 18.2. The van der Waals surface area contributed by atoms with E-state index in [1.165, 1.54) is 6.92 Å². The molecule has 2 aromatic rings. The number of aromatic nitrogens is 1. The van der Waals surface area contributed by atoms with Crippen molar-refractivity contribution in [3.05, 3.63) is 57.7 Å². The normalized spacial score (nSPS) is 11.9. The highest BCUT2D eigenvalue weighted by atomic mass is 19.2. The first-order chi connectivity index (χ1) is 11.3. The molecule has 0 fully saturated rings. The average Bonchev–Trinajstić information content (AvgIpc) is 2.58. The Morgan fingerprint density at radius 2 is 1.54 bits per heavy atom. The summed E-state index contributed by atoms with van der Waals surface area (Å²) in [5.74, 6) is -6.69. The molecule has 0 aliphatic carbocycles. The van der Waals surface area contributed by atoms with E-state index in [1.807, 2.05) is 0 Å². The third kappa shape index (κ3) is 2.54. The molecule has 10 heteroatoms. The third-order valence-corrected chi connectivity index (χ3v) is 3.30. The van der Waals surface area contributed by atoms with Crippen molar-refractivity contribution >= 4 is 5.71 Å². The average molecular weight is 347 g/mol. The Hall–Kier alpha value is -2.75. The van der Waals surface area contributed by atoms with Gasteiger partial charge >= 0.3 is 0 Å². The highest BCUT2D eigenvalue weighted by Crippen LogP contribution is 2.31. The second-order valence-corrected chi connectivity index (χ2v) is 4.67. The van der Waals surface area contributed by atoms with Gasteiger partial charge in [0.15, 0.2) is 23.3 Å². The molecule has 4 N–H and O–H groups in total. The van der Waals surface area contributed by atoms with Crippen LogP contribution in [0.4, 0.5) is 22.0 Å². The van der Waals surface area contributed by atoms with E-state index in [0.29, 0.717) is 0 Å². The second-order valence-electron chi connectivity index (χ2n) is 4.67. The Morgan fingerprint density at radius 1 is 1.04 bits per heavy atom. The quantitative estimate of drug-likeness (QED) is 0.198. The van der Waals surface area contributed by atoms with E-state index in [2.05, 4.69) is 10.1 Å². The molecule has 0 aliphatic rings. The van der Waals surface area contributed by atoms with E-state index in [9.17, 15) is 32.2 Å². The van der Waals surface area contributed by atoms with Crippen LogP contribution < -0.4 is 5.84 Å². The molecule has 0 saturated heterocycles. The van der Waals surface area contributed by atoms with E-state index in [-0.39, 0.29) is 11.3 Å². The smallest absolute Gasteiger partial charge is 0.200 e. The lowest BCUT2D eigenvalue weighted by Gasteiger charge is -2.15. The van der Waals surface area contributed by atoms with E-state index >= 15 is 0 Å². The Labute approximate surface area is 131 Å². The highest BCUT2D eigenvalue weighted by Gasteiger charge is 2.31. The van der Waals surface area contributed by atoms with Gasteiger partial charge in [0, 0.05) is 11.8 Å². The number of rotatable bonds is 3. The van der Waals surface area contributed by atoms with Gasteiger partial charge in [0.1, 0.15) is 11.5 Å². The maximum Gasteiger partial charge on any atom is 0.200 e. The number of hydrazone groups is 1. The topological polar surface area (TPSA) is 91.7 Å². The molecule has 0 amide bonds. The molecule has 1 heterocycles. The zero-order valence-electron chi connectivity index (χ0n) is 12.0. The number of nitrogens with zero attached hydrogens (tertiary/aromatic N) is 2. The predicted octanol–water partition coefficient (Wildman–Crippen LogP) is 1.99. The number of aryl methyl sites for hydroxylation is 1. The summed E-state index contributed by atoms with van der Waals surface area (Å²) < 4.78 is 67.9. The van der Waals surface area contributed by atoms with Crippen LogP contribution in [0.2, 0.25) is 0 Å². The number of halogens is 5. The Morgan fingerprint density at radius 3 is 2.00 bits per heavy atom. The molecule has 1 aromatic heterocycles. The molecular formula is C14H10F5N3O2. The fourth-order valence-corrected chi connectivity index (χ4v) is 2.08. The fraction of sp³-hybridized carbons (Fsp3) is 0.143. The highest BCUT2D eigenvalue weighted by molar-refractivity contribution is 6.15. The summed E-state index contributed by atoms with van der Waals surface area (Å²) in [7, 11) is 0. The van der Waals surface area contributed by atoms with Crippen LogP contribution in [0.25, 0.3) is 0 Å². The molecule has 0 atom stereocenters. The third-order valence-electron chi connectivity index (χ3n) is 3.30. The van der Waals surface area contributed by atoms with Crippen LogP contribution >= 0.6 is 0 Å². The molecule has 0 aliphatic heterocycles. The van der Waals surface area contributed by atoms with Gasteiger partial charge in [-0.3, -0.25) is 4.98 Å². The van der Waals surface area contributed by atoms with Crippen LogP contribution in [-0.4, -0.2) is 20.9 Å². The van der Waals surface area contributed by atoms with Crippen LogP contribution in [-0.2, 0) is 6.61 Å². The summed E-state index contributed by atoms with van der Waals surface area (Å²) in [6.45, 7) is 0.553. The van der Waals surface area contributed by atoms with Crippen molar-refractivity contribution in [2.75, 3.05) is 0 Å². The number of hydrogen-bond donors (Lipinski definition) is 3. The first-order valence-corrected chi connectivity index (χ1v) is 6.34. The number of pyridine rings is 1. The van der Waals surface area contributed by atoms with Gasteiger partial charge < -0.3 is 16.1 Å². The van der Waals surface area contributed by atoms with Gasteiger partial charge in [0.2, 0.25) is 5.82 Å². The van der Waals surface area contributed by atoms with Gasteiger partial charge in [-0.25, -0.2) is 22.0 Å². The lowest BCUT2D eigenvalue weighted by atomic mass is 9.96. The Balaban J connectivity index is 2.90. The van der Waals surface area contributed by atoms with Gasteiger partial charge in [-0.1, -0.05) is 0 Å². The van der Waals surface area contributed by atoms with Gasteiger partial charge in [-0.2, -0.15) is 5.10 Å². The van der Waals surface area contributed by atoms with Gasteiger partial charge in [-0.15, -0.1) is 0 Å². The number of aliphatic hydroxyl groups is 1. The molecule has 0 spiro atoms. The summed E-state index contributed by atoms with van der Waals surface area (Å²) in [6, 6.07) is 0. The Bertz CT molecular complexity index is 826.